The monoisotopic (exact) mass is 531 g/mol. The Morgan fingerprint density at radius 1 is 1.10 bits per heavy atom. The first kappa shape index (κ1) is 25.1. The number of Topliss-reactive ketones (excluding diaryl/α,β-unsaturated/α-hetero) is 1. The SMILES string of the molecule is C=CCN1C(=O)[C@]2(C(C#N)=C(n3cccc3)N(c3cc([N+](=O)[O-])ccc3C)C3=C2C(=O)CCC3)c2ccccc21. The minimum absolute atomic E-state index is 0.0904. The van der Waals surface area contributed by atoms with Crippen LogP contribution in [0.15, 0.2) is 96.5 Å². The number of carbonyl (C=O) groups excluding carboxylic acids is 2. The molecular formula is C31H25N5O4. The second-order valence-corrected chi connectivity index (χ2v) is 10.0. The van der Waals surface area contributed by atoms with Crippen molar-refractivity contribution in [1.29, 1.82) is 5.26 Å². The van der Waals surface area contributed by atoms with Gasteiger partial charge in [-0.15, -0.1) is 6.58 Å². The second-order valence-electron chi connectivity index (χ2n) is 10.0. The molecule has 2 aromatic carbocycles. The van der Waals surface area contributed by atoms with E-state index < -0.39 is 10.3 Å². The van der Waals surface area contributed by atoms with Gasteiger partial charge in [-0.2, -0.15) is 5.26 Å². The predicted octanol–water partition coefficient (Wildman–Crippen LogP) is 5.39. The Morgan fingerprint density at radius 3 is 2.55 bits per heavy atom. The van der Waals surface area contributed by atoms with E-state index in [2.05, 4.69) is 12.6 Å². The van der Waals surface area contributed by atoms with Crippen molar-refractivity contribution in [2.75, 3.05) is 16.3 Å². The number of anilines is 2. The van der Waals surface area contributed by atoms with Gasteiger partial charge in [-0.05, 0) is 43.5 Å². The molecule has 3 aromatic rings. The van der Waals surface area contributed by atoms with Crippen LogP contribution in [-0.2, 0) is 15.0 Å². The van der Waals surface area contributed by atoms with Gasteiger partial charge in [0.05, 0.1) is 16.2 Å². The number of nitrogens with zero attached hydrogens (tertiary/aromatic N) is 5. The number of para-hydroxylation sites is 1. The molecule has 6 rings (SSSR count). The Bertz CT molecular complexity index is 1730. The molecule has 1 aliphatic carbocycles. The largest absolute Gasteiger partial charge is 0.309 e. The summed E-state index contributed by atoms with van der Waals surface area (Å²) in [6.45, 7) is 5.86. The standard InChI is InChI=1S/C31H25N5O4/c1-3-15-34-24-10-5-4-9-22(24)31(30(34)38)23(19-32)29(33-16-6-7-17-33)35(25-11-8-12-27(37)28(25)31)26-18-21(36(39)40)14-13-20(26)2/h3-7,9-10,13-14,16-18H,1,8,11-12,15H2,2H3/t31-/m0/s1. The van der Waals surface area contributed by atoms with Gasteiger partial charge in [-0.25, -0.2) is 0 Å². The van der Waals surface area contributed by atoms with Crippen LogP contribution in [0, 0.1) is 28.4 Å². The summed E-state index contributed by atoms with van der Waals surface area (Å²) in [4.78, 5) is 43.3. The van der Waals surface area contributed by atoms with Crippen LogP contribution in [0.1, 0.15) is 30.4 Å². The molecule has 40 heavy (non-hydrogen) atoms. The van der Waals surface area contributed by atoms with E-state index in [9.17, 15) is 25.0 Å². The normalized spacial score (nSPS) is 20.1. The van der Waals surface area contributed by atoms with Crippen molar-refractivity contribution in [3.63, 3.8) is 0 Å². The number of carbonyl (C=O) groups is 2. The number of rotatable bonds is 5. The molecule has 0 N–H and O–H groups in total. The fourth-order valence-corrected chi connectivity index (χ4v) is 6.32. The minimum atomic E-state index is -1.66. The van der Waals surface area contributed by atoms with Crippen LogP contribution in [-0.4, -0.2) is 27.7 Å². The molecule has 0 unspecified atom stereocenters. The van der Waals surface area contributed by atoms with Crippen LogP contribution >= 0.6 is 0 Å². The highest BCUT2D eigenvalue weighted by Gasteiger charge is 2.62. The number of hydrogen-bond acceptors (Lipinski definition) is 6. The summed E-state index contributed by atoms with van der Waals surface area (Å²) in [6, 6.07) is 17.8. The lowest BCUT2D eigenvalue weighted by atomic mass is 9.63. The maximum atomic E-state index is 14.7. The number of benzene rings is 2. The van der Waals surface area contributed by atoms with Gasteiger partial charge < -0.3 is 9.47 Å². The predicted molar refractivity (Wildman–Crippen MR) is 150 cm³/mol. The molecule has 2 aliphatic heterocycles. The molecule has 9 nitrogen and oxygen atoms in total. The van der Waals surface area contributed by atoms with Crippen molar-refractivity contribution in [1.82, 2.24) is 4.57 Å². The summed E-state index contributed by atoms with van der Waals surface area (Å²) >= 11 is 0. The number of ketones is 1. The Morgan fingerprint density at radius 2 is 1.85 bits per heavy atom. The third kappa shape index (κ3) is 3.26. The van der Waals surface area contributed by atoms with E-state index in [1.807, 2.05) is 25.1 Å². The van der Waals surface area contributed by atoms with E-state index in [0.717, 1.165) is 5.56 Å². The van der Waals surface area contributed by atoms with E-state index in [-0.39, 0.29) is 41.5 Å². The lowest BCUT2D eigenvalue weighted by molar-refractivity contribution is -0.384. The number of nitro benzene ring substituents is 1. The van der Waals surface area contributed by atoms with Gasteiger partial charge in [0, 0.05) is 60.0 Å². The Balaban J connectivity index is 1.79. The van der Waals surface area contributed by atoms with E-state index in [4.69, 9.17) is 0 Å². The number of aryl methyl sites for hydroxylation is 1. The smallest absolute Gasteiger partial charge is 0.271 e. The van der Waals surface area contributed by atoms with Crippen LogP contribution < -0.4 is 9.80 Å². The van der Waals surface area contributed by atoms with Crippen LogP contribution in [0.5, 0.6) is 0 Å². The number of amides is 1. The topological polar surface area (TPSA) is 112 Å². The highest BCUT2D eigenvalue weighted by Crippen LogP contribution is 2.58. The fraction of sp³-hybridized carbons (Fsp3) is 0.194. The van der Waals surface area contributed by atoms with E-state index >= 15 is 0 Å². The van der Waals surface area contributed by atoms with Crippen LogP contribution in [0.4, 0.5) is 17.1 Å². The van der Waals surface area contributed by atoms with Gasteiger partial charge in [0.2, 0.25) is 5.91 Å². The fourth-order valence-electron chi connectivity index (χ4n) is 6.32. The number of nitro groups is 1. The molecule has 0 bridgehead atoms. The Labute approximate surface area is 230 Å². The van der Waals surface area contributed by atoms with E-state index in [0.29, 0.717) is 41.3 Å². The van der Waals surface area contributed by atoms with Crippen molar-refractivity contribution < 1.29 is 14.5 Å². The van der Waals surface area contributed by atoms with Gasteiger partial charge in [-0.1, -0.05) is 30.3 Å². The lowest BCUT2D eigenvalue weighted by Crippen LogP contribution is -2.51. The molecular weight excluding hydrogens is 506 g/mol. The highest BCUT2D eigenvalue weighted by atomic mass is 16.6. The molecule has 1 atom stereocenters. The van der Waals surface area contributed by atoms with Crippen molar-refractivity contribution >= 4 is 34.6 Å². The minimum Gasteiger partial charge on any atom is -0.309 e. The summed E-state index contributed by atoms with van der Waals surface area (Å²) in [6.07, 6.45) is 6.38. The summed E-state index contributed by atoms with van der Waals surface area (Å²) in [5.41, 5.74) is 1.55. The zero-order valence-corrected chi connectivity index (χ0v) is 21.8. The molecule has 198 valence electrons. The van der Waals surface area contributed by atoms with Crippen molar-refractivity contribution in [3.05, 3.63) is 118 Å². The lowest BCUT2D eigenvalue weighted by Gasteiger charge is -2.45. The molecule has 9 heteroatoms. The summed E-state index contributed by atoms with van der Waals surface area (Å²) in [7, 11) is 0. The highest BCUT2D eigenvalue weighted by molar-refractivity contribution is 6.22. The first-order valence-electron chi connectivity index (χ1n) is 13.0. The maximum Gasteiger partial charge on any atom is 0.271 e. The van der Waals surface area contributed by atoms with Gasteiger partial charge in [-0.3, -0.25) is 24.6 Å². The van der Waals surface area contributed by atoms with Gasteiger partial charge >= 0.3 is 0 Å². The summed E-state index contributed by atoms with van der Waals surface area (Å²) in [5.74, 6) is -0.224. The second kappa shape index (κ2) is 9.20. The molecule has 1 aromatic heterocycles. The van der Waals surface area contributed by atoms with Crippen LogP contribution in [0.25, 0.3) is 5.82 Å². The average molecular weight is 532 g/mol. The zero-order valence-electron chi connectivity index (χ0n) is 21.8. The molecule has 1 spiro atoms. The number of hydrogen-bond donors (Lipinski definition) is 0. The first-order chi connectivity index (χ1) is 19.4. The third-order valence-corrected chi connectivity index (χ3v) is 7.92. The Hall–Kier alpha value is -5.23. The van der Waals surface area contributed by atoms with Crippen LogP contribution in [0.2, 0.25) is 0 Å². The molecule has 0 saturated carbocycles. The maximum absolute atomic E-state index is 14.7. The number of nitriles is 1. The van der Waals surface area contributed by atoms with Gasteiger partial charge in [0.1, 0.15) is 17.3 Å². The summed E-state index contributed by atoms with van der Waals surface area (Å²) in [5, 5.41) is 22.7. The molecule has 0 saturated heterocycles. The summed E-state index contributed by atoms with van der Waals surface area (Å²) < 4.78 is 1.74. The molecule has 3 aliphatic rings. The van der Waals surface area contributed by atoms with Gasteiger partial charge in [0.15, 0.2) is 5.78 Å². The average Bonchev–Trinajstić information content (AvgIpc) is 3.56. The first-order valence-corrected chi connectivity index (χ1v) is 13.0. The molecule has 3 heterocycles. The zero-order chi connectivity index (χ0) is 28.2. The van der Waals surface area contributed by atoms with Gasteiger partial charge in [0.25, 0.3) is 5.69 Å². The van der Waals surface area contributed by atoms with Crippen molar-refractivity contribution in [2.45, 2.75) is 31.6 Å². The van der Waals surface area contributed by atoms with Crippen molar-refractivity contribution in [2.24, 2.45) is 0 Å². The third-order valence-electron chi connectivity index (χ3n) is 7.92. The number of allylic oxidation sites excluding steroid dienone is 1. The number of non-ortho nitro benzene ring substituents is 1. The quantitative estimate of drug-likeness (QED) is 0.248. The number of aromatic nitrogens is 1. The molecule has 0 radical (unpaired) electrons. The van der Waals surface area contributed by atoms with E-state index in [1.54, 1.807) is 57.1 Å². The van der Waals surface area contributed by atoms with Crippen LogP contribution in [0.3, 0.4) is 0 Å². The molecule has 0 fully saturated rings. The Kier molecular flexibility index (Phi) is 5.77. The molecule has 1 amide bonds. The van der Waals surface area contributed by atoms with E-state index in [1.165, 1.54) is 12.1 Å². The van der Waals surface area contributed by atoms with Crippen molar-refractivity contribution in [3.8, 4) is 6.07 Å². The number of fused-ring (bicyclic) bond motifs is 3.